The Morgan fingerprint density at radius 2 is 2.15 bits per heavy atom. The molecule has 0 unspecified atom stereocenters. The fourth-order valence-electron chi connectivity index (χ4n) is 2.43. The number of nitriles is 1. The number of rotatable bonds is 5. The summed E-state index contributed by atoms with van der Waals surface area (Å²) in [7, 11) is 0. The molecule has 130 valence electrons. The monoisotopic (exact) mass is 366 g/mol. The van der Waals surface area contributed by atoms with E-state index in [1.54, 1.807) is 6.07 Å². The molecule has 0 spiro atoms. The molecule has 0 saturated heterocycles. The van der Waals surface area contributed by atoms with Crippen LogP contribution in [0.3, 0.4) is 0 Å². The molecule has 0 aliphatic rings. The Hall–Kier alpha value is -3.38. The number of benzene rings is 1. The van der Waals surface area contributed by atoms with Crippen molar-refractivity contribution in [1.82, 2.24) is 4.98 Å². The molecule has 2 aromatic heterocycles. The van der Waals surface area contributed by atoms with E-state index in [0.717, 1.165) is 40.2 Å². The highest BCUT2D eigenvalue weighted by Gasteiger charge is 2.16. The Bertz CT molecular complexity index is 1070. The number of azo groups is 1. The van der Waals surface area contributed by atoms with Crippen LogP contribution in [0.1, 0.15) is 18.2 Å². The Morgan fingerprint density at radius 3 is 2.85 bits per heavy atom. The van der Waals surface area contributed by atoms with Crippen LogP contribution in [0.15, 0.2) is 40.6 Å². The SMILES string of the molecule is CCNc1ccc(N=Nc2sc([N+](=O)[O-])cc2C#N)c2ccc(C)nc12. The molecule has 9 heteroatoms. The Morgan fingerprint density at radius 1 is 1.35 bits per heavy atom. The van der Waals surface area contributed by atoms with E-state index in [4.69, 9.17) is 5.26 Å². The number of hydrogen-bond acceptors (Lipinski definition) is 8. The summed E-state index contributed by atoms with van der Waals surface area (Å²) in [6, 6.07) is 10.6. The number of nitrogens with one attached hydrogen (secondary N) is 1. The first-order chi connectivity index (χ1) is 12.5. The molecule has 0 bridgehead atoms. The summed E-state index contributed by atoms with van der Waals surface area (Å²) in [6.45, 7) is 4.67. The lowest BCUT2D eigenvalue weighted by Gasteiger charge is -2.09. The van der Waals surface area contributed by atoms with Gasteiger partial charge in [-0.2, -0.15) is 5.26 Å². The van der Waals surface area contributed by atoms with Crippen LogP contribution in [0.4, 0.5) is 21.4 Å². The third-order valence-corrected chi connectivity index (χ3v) is 4.56. The summed E-state index contributed by atoms with van der Waals surface area (Å²) in [5, 5.41) is 32.4. The standard InChI is InChI=1S/C17H14N6O2S/c1-3-19-14-7-6-13(12-5-4-10(2)20-16(12)14)21-22-17-11(9-18)8-15(26-17)23(24)25/h4-8,19H,3H2,1-2H3. The van der Waals surface area contributed by atoms with Gasteiger partial charge in [0.15, 0.2) is 5.00 Å². The fraction of sp³-hybridized carbons (Fsp3) is 0.176. The molecule has 0 radical (unpaired) electrons. The maximum atomic E-state index is 10.9. The summed E-state index contributed by atoms with van der Waals surface area (Å²) < 4.78 is 0. The highest BCUT2D eigenvalue weighted by atomic mass is 32.1. The molecule has 0 saturated carbocycles. The van der Waals surface area contributed by atoms with Crippen molar-refractivity contribution < 1.29 is 4.92 Å². The van der Waals surface area contributed by atoms with Crippen LogP contribution in [-0.4, -0.2) is 16.5 Å². The van der Waals surface area contributed by atoms with Gasteiger partial charge in [0.05, 0.1) is 27.4 Å². The number of aromatic nitrogens is 1. The first-order valence-corrected chi connectivity index (χ1v) is 8.59. The van der Waals surface area contributed by atoms with Crippen molar-refractivity contribution in [3.63, 3.8) is 0 Å². The number of aryl methyl sites for hydroxylation is 1. The zero-order chi connectivity index (χ0) is 18.7. The molecule has 8 nitrogen and oxygen atoms in total. The van der Waals surface area contributed by atoms with Crippen molar-refractivity contribution in [1.29, 1.82) is 5.26 Å². The van der Waals surface area contributed by atoms with Crippen LogP contribution in [0, 0.1) is 28.4 Å². The topological polar surface area (TPSA) is 117 Å². The van der Waals surface area contributed by atoms with Gasteiger partial charge >= 0.3 is 5.00 Å². The van der Waals surface area contributed by atoms with Gasteiger partial charge in [0.2, 0.25) is 0 Å². The lowest BCUT2D eigenvalue weighted by Crippen LogP contribution is -1.98. The molecule has 0 aliphatic carbocycles. The van der Waals surface area contributed by atoms with E-state index in [0.29, 0.717) is 5.69 Å². The number of anilines is 1. The molecule has 26 heavy (non-hydrogen) atoms. The number of nitro groups is 1. The van der Waals surface area contributed by atoms with Crippen LogP contribution in [0.25, 0.3) is 10.9 Å². The molecule has 3 aromatic rings. The number of thiophene rings is 1. The summed E-state index contributed by atoms with van der Waals surface area (Å²) in [5.41, 5.74) is 3.27. The van der Waals surface area contributed by atoms with Gasteiger partial charge in [-0.3, -0.25) is 15.1 Å². The largest absolute Gasteiger partial charge is 0.384 e. The van der Waals surface area contributed by atoms with Crippen molar-refractivity contribution >= 4 is 43.6 Å². The lowest BCUT2D eigenvalue weighted by molar-refractivity contribution is -0.380. The average Bonchev–Trinajstić information content (AvgIpc) is 3.05. The molecule has 1 N–H and O–H groups in total. The zero-order valence-electron chi connectivity index (χ0n) is 14.1. The van der Waals surface area contributed by atoms with E-state index in [1.807, 2.05) is 38.1 Å². The first kappa shape index (κ1) is 17.4. The molecule has 0 aliphatic heterocycles. The molecular weight excluding hydrogens is 352 g/mol. The van der Waals surface area contributed by atoms with Gasteiger partial charge in [-0.05, 0) is 49.4 Å². The summed E-state index contributed by atoms with van der Waals surface area (Å²) in [4.78, 5) is 14.9. The van der Waals surface area contributed by atoms with Crippen molar-refractivity contribution in [2.45, 2.75) is 13.8 Å². The second-order valence-electron chi connectivity index (χ2n) is 5.38. The number of nitrogens with zero attached hydrogens (tertiary/aromatic N) is 5. The van der Waals surface area contributed by atoms with Crippen LogP contribution in [0.2, 0.25) is 0 Å². The van der Waals surface area contributed by atoms with E-state index in [1.165, 1.54) is 6.07 Å². The predicted octanol–water partition coefficient (Wildman–Crippen LogP) is 5.23. The van der Waals surface area contributed by atoms with Crippen molar-refractivity contribution in [3.05, 3.63) is 51.7 Å². The number of pyridine rings is 1. The maximum Gasteiger partial charge on any atom is 0.327 e. The quantitative estimate of drug-likeness (QED) is 0.377. The minimum atomic E-state index is -0.544. The van der Waals surface area contributed by atoms with Gasteiger partial charge in [-0.15, -0.1) is 10.2 Å². The normalized spacial score (nSPS) is 11.0. The third kappa shape index (κ3) is 3.36. The van der Waals surface area contributed by atoms with Crippen molar-refractivity contribution in [2.24, 2.45) is 10.2 Å². The van der Waals surface area contributed by atoms with Gasteiger partial charge in [-0.25, -0.2) is 0 Å². The second kappa shape index (κ2) is 7.25. The molecular formula is C17H14N6O2S. The summed E-state index contributed by atoms with van der Waals surface area (Å²) in [5.74, 6) is 0. The first-order valence-electron chi connectivity index (χ1n) is 7.77. The Kier molecular flexibility index (Phi) is 4.86. The lowest BCUT2D eigenvalue weighted by atomic mass is 10.1. The van der Waals surface area contributed by atoms with Gasteiger partial charge in [-0.1, -0.05) is 0 Å². The molecule has 3 rings (SSSR count). The Labute approximate surface area is 153 Å². The average molecular weight is 366 g/mol. The Balaban J connectivity index is 2.07. The molecule has 2 heterocycles. The molecule has 0 fully saturated rings. The fourth-order valence-corrected chi connectivity index (χ4v) is 3.18. The minimum absolute atomic E-state index is 0.132. The second-order valence-corrected chi connectivity index (χ2v) is 6.39. The van der Waals surface area contributed by atoms with Gasteiger partial charge in [0, 0.05) is 23.7 Å². The maximum absolute atomic E-state index is 10.9. The van der Waals surface area contributed by atoms with Crippen molar-refractivity contribution in [3.8, 4) is 6.07 Å². The van der Waals surface area contributed by atoms with E-state index in [-0.39, 0.29) is 15.6 Å². The summed E-state index contributed by atoms with van der Waals surface area (Å²) >= 11 is 0.821. The van der Waals surface area contributed by atoms with Gasteiger partial charge in [0.1, 0.15) is 6.07 Å². The van der Waals surface area contributed by atoms with E-state index in [9.17, 15) is 10.1 Å². The minimum Gasteiger partial charge on any atom is -0.384 e. The zero-order valence-corrected chi connectivity index (χ0v) is 14.9. The summed E-state index contributed by atoms with van der Waals surface area (Å²) in [6.07, 6.45) is 0. The van der Waals surface area contributed by atoms with E-state index < -0.39 is 4.92 Å². The number of fused-ring (bicyclic) bond motifs is 1. The van der Waals surface area contributed by atoms with Gasteiger partial charge < -0.3 is 5.32 Å². The molecule has 0 amide bonds. The van der Waals surface area contributed by atoms with Crippen LogP contribution >= 0.6 is 11.3 Å². The highest BCUT2D eigenvalue weighted by Crippen LogP contribution is 2.38. The molecule has 1 aromatic carbocycles. The predicted molar refractivity (Wildman–Crippen MR) is 101 cm³/mol. The van der Waals surface area contributed by atoms with Gasteiger partial charge in [0.25, 0.3) is 0 Å². The van der Waals surface area contributed by atoms with Crippen LogP contribution < -0.4 is 5.32 Å². The number of hydrogen-bond donors (Lipinski definition) is 1. The van der Waals surface area contributed by atoms with Crippen molar-refractivity contribution in [2.75, 3.05) is 11.9 Å². The smallest absolute Gasteiger partial charge is 0.327 e. The van der Waals surface area contributed by atoms with Crippen LogP contribution in [0.5, 0.6) is 0 Å². The molecule has 0 atom stereocenters. The third-order valence-electron chi connectivity index (χ3n) is 3.59. The van der Waals surface area contributed by atoms with E-state index in [2.05, 4.69) is 20.5 Å². The van der Waals surface area contributed by atoms with E-state index >= 15 is 0 Å². The highest BCUT2D eigenvalue weighted by molar-refractivity contribution is 7.19. The van der Waals surface area contributed by atoms with Crippen LogP contribution in [-0.2, 0) is 0 Å².